The van der Waals surface area contributed by atoms with Crippen molar-refractivity contribution in [3.8, 4) is 0 Å². The van der Waals surface area contributed by atoms with Gasteiger partial charge in [-0.3, -0.25) is 9.59 Å². The van der Waals surface area contributed by atoms with E-state index in [4.69, 9.17) is 4.74 Å². The standard InChI is InChI=1S/C18H24FN3O4/c1-18(2,3)26-17(25)16(24)20-12-15(23)22-9-7-21(8-10-22)14-6-4-5-13(19)11-14/h4-6,11H,7-10,12H2,1-3H3,(H,20,24). The molecule has 0 bridgehead atoms. The molecule has 0 atom stereocenters. The van der Waals surface area contributed by atoms with Crippen LogP contribution in [0.1, 0.15) is 20.8 Å². The Bertz CT molecular complexity index is 679. The van der Waals surface area contributed by atoms with Gasteiger partial charge in [0.15, 0.2) is 0 Å². The summed E-state index contributed by atoms with van der Waals surface area (Å²) in [4.78, 5) is 39.0. The smallest absolute Gasteiger partial charge is 0.397 e. The van der Waals surface area contributed by atoms with Crippen LogP contribution in [0.25, 0.3) is 0 Å². The molecule has 7 nitrogen and oxygen atoms in total. The summed E-state index contributed by atoms with van der Waals surface area (Å²) in [5.41, 5.74) is 0.00130. The molecule has 1 saturated heterocycles. The van der Waals surface area contributed by atoms with Gasteiger partial charge in [0, 0.05) is 31.9 Å². The van der Waals surface area contributed by atoms with Crippen molar-refractivity contribution < 1.29 is 23.5 Å². The Morgan fingerprint density at radius 3 is 2.38 bits per heavy atom. The van der Waals surface area contributed by atoms with Crippen molar-refractivity contribution in [3.05, 3.63) is 30.1 Å². The zero-order chi connectivity index (χ0) is 19.3. The van der Waals surface area contributed by atoms with Crippen molar-refractivity contribution >= 4 is 23.5 Å². The van der Waals surface area contributed by atoms with Crippen molar-refractivity contribution in [2.75, 3.05) is 37.6 Å². The van der Waals surface area contributed by atoms with Crippen LogP contribution in [-0.4, -0.2) is 61.0 Å². The fourth-order valence-electron chi connectivity index (χ4n) is 2.55. The number of carbonyl (C=O) groups excluding carboxylic acids is 3. The van der Waals surface area contributed by atoms with Gasteiger partial charge in [0.2, 0.25) is 5.91 Å². The molecule has 2 rings (SSSR count). The van der Waals surface area contributed by atoms with Gasteiger partial charge in [-0.15, -0.1) is 0 Å². The second kappa shape index (κ2) is 8.16. The lowest BCUT2D eigenvalue weighted by Crippen LogP contribution is -2.51. The summed E-state index contributed by atoms with van der Waals surface area (Å²) in [7, 11) is 0. The van der Waals surface area contributed by atoms with E-state index < -0.39 is 17.5 Å². The van der Waals surface area contributed by atoms with Gasteiger partial charge in [0.05, 0.1) is 6.54 Å². The number of esters is 1. The average Bonchev–Trinajstić information content (AvgIpc) is 2.58. The van der Waals surface area contributed by atoms with E-state index in [1.165, 1.54) is 12.1 Å². The van der Waals surface area contributed by atoms with Crippen LogP contribution in [0.5, 0.6) is 0 Å². The van der Waals surface area contributed by atoms with Gasteiger partial charge in [-0.1, -0.05) is 6.07 Å². The number of carbonyl (C=O) groups is 3. The van der Waals surface area contributed by atoms with Gasteiger partial charge in [0.1, 0.15) is 11.4 Å². The maximum Gasteiger partial charge on any atom is 0.397 e. The quantitative estimate of drug-likeness (QED) is 0.637. The van der Waals surface area contributed by atoms with Crippen LogP contribution in [0, 0.1) is 5.82 Å². The Hall–Kier alpha value is -2.64. The summed E-state index contributed by atoms with van der Waals surface area (Å²) in [5.74, 6) is -2.53. The molecule has 0 spiro atoms. The van der Waals surface area contributed by atoms with Crippen molar-refractivity contribution in [1.82, 2.24) is 10.2 Å². The molecule has 0 aromatic heterocycles. The molecule has 0 radical (unpaired) electrons. The maximum atomic E-state index is 13.3. The molecule has 0 saturated carbocycles. The number of amides is 2. The second-order valence-electron chi connectivity index (χ2n) is 7.03. The molecule has 1 heterocycles. The molecule has 1 fully saturated rings. The van der Waals surface area contributed by atoms with E-state index in [1.54, 1.807) is 31.7 Å². The Morgan fingerprint density at radius 1 is 1.15 bits per heavy atom. The minimum Gasteiger partial charge on any atom is -0.453 e. The minimum atomic E-state index is -1.01. The van der Waals surface area contributed by atoms with Crippen molar-refractivity contribution in [2.45, 2.75) is 26.4 Å². The van der Waals surface area contributed by atoms with Crippen LogP contribution >= 0.6 is 0 Å². The first-order valence-corrected chi connectivity index (χ1v) is 8.45. The molecule has 8 heteroatoms. The molecule has 0 unspecified atom stereocenters. The molecule has 1 aliphatic heterocycles. The third kappa shape index (κ3) is 5.72. The monoisotopic (exact) mass is 365 g/mol. The highest BCUT2D eigenvalue weighted by atomic mass is 19.1. The van der Waals surface area contributed by atoms with Crippen LogP contribution in [0.15, 0.2) is 24.3 Å². The summed E-state index contributed by atoms with van der Waals surface area (Å²) in [5, 5.41) is 2.28. The third-order valence-corrected chi connectivity index (χ3v) is 3.79. The molecular weight excluding hydrogens is 341 g/mol. The summed E-state index contributed by atoms with van der Waals surface area (Å²) in [6, 6.07) is 6.31. The molecule has 0 aliphatic carbocycles. The normalized spacial score (nSPS) is 14.8. The molecule has 1 aromatic rings. The third-order valence-electron chi connectivity index (χ3n) is 3.79. The SMILES string of the molecule is CC(C)(C)OC(=O)C(=O)NCC(=O)N1CCN(c2cccc(F)c2)CC1. The Morgan fingerprint density at radius 2 is 1.81 bits per heavy atom. The molecule has 2 amide bonds. The van der Waals surface area contributed by atoms with Crippen LogP contribution in [-0.2, 0) is 19.1 Å². The number of anilines is 1. The van der Waals surface area contributed by atoms with Gasteiger partial charge in [0.25, 0.3) is 0 Å². The van der Waals surface area contributed by atoms with Crippen LogP contribution < -0.4 is 10.2 Å². The zero-order valence-electron chi connectivity index (χ0n) is 15.3. The van der Waals surface area contributed by atoms with Crippen molar-refractivity contribution in [3.63, 3.8) is 0 Å². The largest absolute Gasteiger partial charge is 0.453 e. The number of hydrogen-bond acceptors (Lipinski definition) is 5. The van der Waals surface area contributed by atoms with Crippen LogP contribution in [0.3, 0.4) is 0 Å². The molecule has 26 heavy (non-hydrogen) atoms. The summed E-state index contributed by atoms with van der Waals surface area (Å²) in [6.45, 7) is 6.74. The first kappa shape index (κ1) is 19.7. The number of halogens is 1. The topological polar surface area (TPSA) is 78.9 Å². The highest BCUT2D eigenvalue weighted by Crippen LogP contribution is 2.17. The lowest BCUT2D eigenvalue weighted by atomic mass is 10.2. The first-order valence-electron chi connectivity index (χ1n) is 8.45. The van der Waals surface area contributed by atoms with E-state index in [-0.39, 0.29) is 18.3 Å². The lowest BCUT2D eigenvalue weighted by molar-refractivity contribution is -0.163. The van der Waals surface area contributed by atoms with Crippen LogP contribution in [0.4, 0.5) is 10.1 Å². The summed E-state index contributed by atoms with van der Waals surface area (Å²) in [6.07, 6.45) is 0. The second-order valence-corrected chi connectivity index (χ2v) is 7.03. The molecule has 1 aromatic carbocycles. The minimum absolute atomic E-state index is 0.266. The number of nitrogens with one attached hydrogen (secondary N) is 1. The highest BCUT2D eigenvalue weighted by Gasteiger charge is 2.25. The van der Waals surface area contributed by atoms with Gasteiger partial charge in [-0.25, -0.2) is 9.18 Å². The summed E-state index contributed by atoms with van der Waals surface area (Å²) >= 11 is 0. The van der Waals surface area contributed by atoms with E-state index in [1.807, 2.05) is 11.0 Å². The zero-order valence-corrected chi connectivity index (χ0v) is 15.3. The number of rotatable bonds is 3. The lowest BCUT2D eigenvalue weighted by Gasteiger charge is -2.36. The number of piperazine rings is 1. The number of hydrogen-bond donors (Lipinski definition) is 1. The van der Waals surface area contributed by atoms with Gasteiger partial charge in [-0.05, 0) is 39.0 Å². The summed E-state index contributed by atoms with van der Waals surface area (Å²) < 4.78 is 18.2. The molecule has 1 aliphatic rings. The van der Waals surface area contributed by atoms with Gasteiger partial charge >= 0.3 is 11.9 Å². The first-order chi connectivity index (χ1) is 12.2. The van der Waals surface area contributed by atoms with Crippen LogP contribution in [0.2, 0.25) is 0 Å². The number of nitrogens with zero attached hydrogens (tertiary/aromatic N) is 2. The fourth-order valence-corrected chi connectivity index (χ4v) is 2.55. The highest BCUT2D eigenvalue weighted by molar-refractivity contribution is 6.32. The van der Waals surface area contributed by atoms with Crippen molar-refractivity contribution in [2.24, 2.45) is 0 Å². The van der Waals surface area contributed by atoms with E-state index >= 15 is 0 Å². The molecule has 142 valence electrons. The van der Waals surface area contributed by atoms with E-state index in [9.17, 15) is 18.8 Å². The number of benzene rings is 1. The van der Waals surface area contributed by atoms with E-state index in [2.05, 4.69) is 5.32 Å². The van der Waals surface area contributed by atoms with E-state index in [0.717, 1.165) is 5.69 Å². The number of ether oxygens (including phenoxy) is 1. The Kier molecular flexibility index (Phi) is 6.18. The van der Waals surface area contributed by atoms with E-state index in [0.29, 0.717) is 26.2 Å². The van der Waals surface area contributed by atoms with Crippen molar-refractivity contribution in [1.29, 1.82) is 0 Å². The predicted octanol–water partition coefficient (Wildman–Crippen LogP) is 0.932. The van der Waals surface area contributed by atoms with Gasteiger partial charge in [-0.2, -0.15) is 0 Å². The Labute approximate surface area is 152 Å². The average molecular weight is 365 g/mol. The molecule has 1 N–H and O–H groups in total. The Balaban J connectivity index is 1.78. The fraction of sp³-hybridized carbons (Fsp3) is 0.500. The molecular formula is C18H24FN3O4. The van der Waals surface area contributed by atoms with Gasteiger partial charge < -0.3 is 19.9 Å². The maximum absolute atomic E-state index is 13.3. The predicted molar refractivity (Wildman–Crippen MR) is 94.0 cm³/mol.